The molecule has 0 saturated heterocycles. The topological polar surface area (TPSA) is 103 Å². The Morgan fingerprint density at radius 1 is 1.07 bits per heavy atom. The van der Waals surface area contributed by atoms with E-state index in [0.717, 1.165) is 16.3 Å². The molecule has 0 radical (unpaired) electrons. The zero-order valence-electron chi connectivity index (χ0n) is 14.6. The number of nitrogen functional groups attached to an aromatic ring is 1. The number of carbonyl (C=O) groups excluding carboxylic acids is 2. The minimum Gasteiger partial charge on any atom is -0.368 e. The number of rotatable bonds is 3. The minimum absolute atomic E-state index is 0.0293. The molecule has 0 aliphatic carbocycles. The summed E-state index contributed by atoms with van der Waals surface area (Å²) in [6, 6.07) is 13.0. The van der Waals surface area contributed by atoms with Crippen molar-refractivity contribution in [3.05, 3.63) is 66.1 Å². The molecule has 7 nitrogen and oxygen atoms in total. The number of aromatic nitrogens is 3. The third kappa shape index (κ3) is 3.10. The molecule has 4 aromatic rings. The molecule has 7 heteroatoms. The van der Waals surface area contributed by atoms with E-state index in [0.29, 0.717) is 10.9 Å². The minimum atomic E-state index is -0.303. The Balaban J connectivity index is 1.84. The number of nitrogens with two attached hydrogens (primary N) is 1. The van der Waals surface area contributed by atoms with Crippen LogP contribution in [0.1, 0.15) is 16.1 Å². The second-order valence-electron chi connectivity index (χ2n) is 6.23. The number of anilines is 1. The van der Waals surface area contributed by atoms with Gasteiger partial charge in [-0.05, 0) is 28.5 Å². The molecule has 3 N–H and O–H groups in total. The van der Waals surface area contributed by atoms with Crippen molar-refractivity contribution >= 4 is 39.4 Å². The smallest absolute Gasteiger partial charge is 0.281 e. The van der Waals surface area contributed by atoms with Crippen LogP contribution in [0, 0.1) is 0 Å². The maximum atomic E-state index is 13.1. The molecule has 1 amide bonds. The van der Waals surface area contributed by atoms with Gasteiger partial charge in [0.05, 0.1) is 11.9 Å². The Morgan fingerprint density at radius 3 is 2.44 bits per heavy atom. The van der Waals surface area contributed by atoms with Gasteiger partial charge in [0, 0.05) is 24.8 Å². The first kappa shape index (κ1) is 16.7. The van der Waals surface area contributed by atoms with Crippen LogP contribution in [-0.2, 0) is 11.2 Å². The summed E-state index contributed by atoms with van der Waals surface area (Å²) in [4.78, 5) is 33.2. The molecule has 2 aromatic carbocycles. The molecule has 0 atom stereocenters. The molecular formula is C20H17N5O2. The average Bonchev–Trinajstić information content (AvgIpc) is 3.11. The number of likely N-dealkylation sites (N-methyl/N-ethyl adjacent to an activating group) is 1. The monoisotopic (exact) mass is 359 g/mol. The molecule has 134 valence electrons. The van der Waals surface area contributed by atoms with Crippen molar-refractivity contribution in [3.8, 4) is 0 Å². The fraction of sp³-hybridized carbons (Fsp3) is 0.100. The molecule has 4 rings (SSSR count). The lowest BCUT2D eigenvalue weighted by Crippen LogP contribution is -2.20. The third-order valence-corrected chi connectivity index (χ3v) is 4.41. The molecule has 0 saturated carbocycles. The van der Waals surface area contributed by atoms with Gasteiger partial charge < -0.3 is 11.1 Å². The van der Waals surface area contributed by atoms with Gasteiger partial charge in [-0.3, -0.25) is 14.2 Å². The molecular weight excluding hydrogens is 342 g/mol. The fourth-order valence-electron chi connectivity index (χ4n) is 3.06. The molecule has 0 bridgehead atoms. The van der Waals surface area contributed by atoms with Gasteiger partial charge in [0.25, 0.3) is 5.91 Å². The van der Waals surface area contributed by atoms with Crippen LogP contribution in [-0.4, -0.2) is 33.4 Å². The van der Waals surface area contributed by atoms with E-state index in [1.54, 1.807) is 37.6 Å². The molecule has 0 fully saturated rings. The number of nitrogens with one attached hydrogen (secondary N) is 1. The van der Waals surface area contributed by atoms with E-state index >= 15 is 0 Å². The van der Waals surface area contributed by atoms with E-state index in [9.17, 15) is 9.59 Å². The van der Waals surface area contributed by atoms with Gasteiger partial charge in [0.2, 0.25) is 11.9 Å². The second kappa shape index (κ2) is 6.53. The number of fused-ring (bicyclic) bond motifs is 2. The first-order valence-corrected chi connectivity index (χ1v) is 8.43. The number of benzene rings is 2. The van der Waals surface area contributed by atoms with Crippen molar-refractivity contribution in [1.82, 2.24) is 19.9 Å². The van der Waals surface area contributed by atoms with Crippen molar-refractivity contribution in [2.75, 3.05) is 12.8 Å². The van der Waals surface area contributed by atoms with Crippen LogP contribution >= 0.6 is 0 Å². The highest BCUT2D eigenvalue weighted by molar-refractivity contribution is 6.07. The molecule has 0 aliphatic rings. The zero-order chi connectivity index (χ0) is 19.0. The molecule has 0 aliphatic heterocycles. The lowest BCUT2D eigenvalue weighted by atomic mass is 10.1. The Kier molecular flexibility index (Phi) is 4.04. The van der Waals surface area contributed by atoms with Gasteiger partial charge >= 0.3 is 0 Å². The van der Waals surface area contributed by atoms with Crippen LogP contribution in [0.25, 0.3) is 21.7 Å². The molecule has 0 unspecified atom stereocenters. The lowest BCUT2D eigenvalue weighted by Gasteiger charge is -2.08. The van der Waals surface area contributed by atoms with Gasteiger partial charge in [-0.1, -0.05) is 30.3 Å². The number of carbonyl (C=O) groups is 2. The quantitative estimate of drug-likeness (QED) is 0.583. The molecule has 0 spiro atoms. The summed E-state index contributed by atoms with van der Waals surface area (Å²) >= 11 is 0. The summed E-state index contributed by atoms with van der Waals surface area (Å²) in [5.41, 5.74) is 7.34. The number of hydrogen-bond acceptors (Lipinski definition) is 5. The van der Waals surface area contributed by atoms with Crippen LogP contribution in [0.15, 0.2) is 54.9 Å². The predicted octanol–water partition coefficient (Wildman–Crippen LogP) is 2.14. The summed E-state index contributed by atoms with van der Waals surface area (Å²) < 4.78 is 1.50. The van der Waals surface area contributed by atoms with Crippen molar-refractivity contribution in [3.63, 3.8) is 0 Å². The van der Waals surface area contributed by atoms with Gasteiger partial charge in [0.1, 0.15) is 5.69 Å². The Morgan fingerprint density at radius 2 is 1.78 bits per heavy atom. The SMILES string of the molecule is CNC(=O)Cc1ccc2nc(N)nc(C(=O)n3cc4ccccc4c3)c2c1. The maximum Gasteiger partial charge on any atom is 0.281 e. The summed E-state index contributed by atoms with van der Waals surface area (Å²) in [6.45, 7) is 0. The highest BCUT2D eigenvalue weighted by Gasteiger charge is 2.17. The highest BCUT2D eigenvalue weighted by atomic mass is 16.2. The Hall–Kier alpha value is -3.74. The number of amides is 1. The van der Waals surface area contributed by atoms with Crippen molar-refractivity contribution < 1.29 is 9.59 Å². The third-order valence-electron chi connectivity index (χ3n) is 4.41. The van der Waals surface area contributed by atoms with E-state index < -0.39 is 0 Å². The van der Waals surface area contributed by atoms with Gasteiger partial charge in [0.15, 0.2) is 0 Å². The first-order chi connectivity index (χ1) is 13.0. The van der Waals surface area contributed by atoms with Crippen molar-refractivity contribution in [1.29, 1.82) is 0 Å². The van der Waals surface area contributed by atoms with Crippen LogP contribution in [0.3, 0.4) is 0 Å². The van der Waals surface area contributed by atoms with E-state index in [1.807, 2.05) is 24.3 Å². The molecule has 2 heterocycles. The van der Waals surface area contributed by atoms with Gasteiger partial charge in [-0.2, -0.15) is 0 Å². The van der Waals surface area contributed by atoms with Crippen molar-refractivity contribution in [2.45, 2.75) is 6.42 Å². The normalized spacial score (nSPS) is 11.0. The van der Waals surface area contributed by atoms with E-state index in [4.69, 9.17) is 5.73 Å². The van der Waals surface area contributed by atoms with Gasteiger partial charge in [-0.15, -0.1) is 0 Å². The van der Waals surface area contributed by atoms with E-state index in [-0.39, 0.29) is 29.9 Å². The van der Waals surface area contributed by atoms with Crippen molar-refractivity contribution in [2.24, 2.45) is 0 Å². The van der Waals surface area contributed by atoms with E-state index in [2.05, 4.69) is 15.3 Å². The largest absolute Gasteiger partial charge is 0.368 e. The van der Waals surface area contributed by atoms with Gasteiger partial charge in [-0.25, -0.2) is 9.97 Å². The van der Waals surface area contributed by atoms with Crippen LogP contribution in [0.4, 0.5) is 5.95 Å². The summed E-state index contributed by atoms with van der Waals surface area (Å²) in [6.07, 6.45) is 3.73. The average molecular weight is 359 g/mol. The Bertz CT molecular complexity index is 1160. The maximum absolute atomic E-state index is 13.1. The summed E-state index contributed by atoms with van der Waals surface area (Å²) in [7, 11) is 1.58. The zero-order valence-corrected chi connectivity index (χ0v) is 14.6. The second-order valence-corrected chi connectivity index (χ2v) is 6.23. The Labute approximate surface area is 154 Å². The molecule has 2 aromatic heterocycles. The summed E-state index contributed by atoms with van der Waals surface area (Å²) in [5, 5.41) is 5.06. The van der Waals surface area contributed by atoms with Crippen LogP contribution in [0.2, 0.25) is 0 Å². The number of hydrogen-bond donors (Lipinski definition) is 2. The summed E-state index contributed by atoms with van der Waals surface area (Å²) in [5.74, 6) is -0.390. The number of nitrogens with zero attached hydrogens (tertiary/aromatic N) is 3. The van der Waals surface area contributed by atoms with E-state index in [1.165, 1.54) is 4.57 Å². The standard InChI is InChI=1S/C20H17N5O2/c1-22-17(26)9-12-6-7-16-15(8-12)18(24-20(21)23-16)19(27)25-10-13-4-2-3-5-14(13)11-25/h2-8,10-11H,9H2,1H3,(H,22,26)(H2,21,23,24). The predicted molar refractivity (Wildman–Crippen MR) is 103 cm³/mol. The van der Waals surface area contributed by atoms with Crippen LogP contribution < -0.4 is 11.1 Å². The highest BCUT2D eigenvalue weighted by Crippen LogP contribution is 2.22. The fourth-order valence-corrected chi connectivity index (χ4v) is 3.06. The van der Waals surface area contributed by atoms with Crippen LogP contribution in [0.5, 0.6) is 0 Å². The molecule has 27 heavy (non-hydrogen) atoms. The lowest BCUT2D eigenvalue weighted by molar-refractivity contribution is -0.119. The first-order valence-electron chi connectivity index (χ1n) is 8.43.